The van der Waals surface area contributed by atoms with Crippen molar-refractivity contribution in [3.8, 4) is 17.2 Å². The van der Waals surface area contributed by atoms with E-state index in [0.29, 0.717) is 11.4 Å². The van der Waals surface area contributed by atoms with Crippen molar-refractivity contribution in [2.75, 3.05) is 7.11 Å². The number of aryl methyl sites for hydroxylation is 1. The number of ether oxygens (including phenoxy) is 1. The van der Waals surface area contributed by atoms with Gasteiger partial charge in [0.15, 0.2) is 0 Å². The third-order valence-electron chi connectivity index (χ3n) is 4.78. The molecule has 0 aliphatic carbocycles. The number of carbonyl (C=O) groups is 1. The summed E-state index contributed by atoms with van der Waals surface area (Å²) in [7, 11) is 1.56. The first-order valence-electron chi connectivity index (χ1n) is 9.29. The summed E-state index contributed by atoms with van der Waals surface area (Å²) in [6, 6.07) is 14.7. The number of aromatic amines is 1. The summed E-state index contributed by atoms with van der Waals surface area (Å²) in [4.78, 5) is 27.9. The van der Waals surface area contributed by atoms with Crippen molar-refractivity contribution in [2.24, 2.45) is 0 Å². The van der Waals surface area contributed by atoms with Crippen LogP contribution in [0, 0.1) is 6.92 Å². The Kier molecular flexibility index (Phi) is 4.97. The molecular formula is C22H20N4O4. The lowest BCUT2D eigenvalue weighted by Crippen LogP contribution is -2.29. The largest absolute Gasteiger partial charge is 0.506 e. The molecule has 2 aromatic heterocycles. The zero-order valence-electron chi connectivity index (χ0n) is 16.5. The average Bonchev–Trinajstić information content (AvgIpc) is 3.16. The third kappa shape index (κ3) is 3.50. The predicted molar refractivity (Wildman–Crippen MR) is 112 cm³/mol. The van der Waals surface area contributed by atoms with Gasteiger partial charge in [0.25, 0.3) is 11.5 Å². The maximum atomic E-state index is 12.6. The molecule has 0 fully saturated rings. The van der Waals surface area contributed by atoms with E-state index in [1.54, 1.807) is 25.3 Å². The van der Waals surface area contributed by atoms with Gasteiger partial charge < -0.3 is 20.1 Å². The normalized spacial score (nSPS) is 10.9. The lowest BCUT2D eigenvalue weighted by molar-refractivity contribution is 0.0947. The van der Waals surface area contributed by atoms with Gasteiger partial charge in [-0.15, -0.1) is 0 Å². The summed E-state index contributed by atoms with van der Waals surface area (Å²) >= 11 is 0. The molecule has 4 aromatic rings. The number of nitrogens with zero attached hydrogens (tertiary/aromatic N) is 2. The molecule has 0 saturated heterocycles. The molecule has 1 amide bonds. The molecule has 4 rings (SSSR count). The van der Waals surface area contributed by atoms with Crippen LogP contribution in [-0.4, -0.2) is 32.9 Å². The van der Waals surface area contributed by atoms with E-state index in [9.17, 15) is 14.7 Å². The molecule has 0 aliphatic rings. The maximum absolute atomic E-state index is 12.6. The van der Waals surface area contributed by atoms with Crippen LogP contribution in [0.3, 0.4) is 0 Å². The lowest BCUT2D eigenvalue weighted by Gasteiger charge is -2.09. The van der Waals surface area contributed by atoms with Gasteiger partial charge in [0.2, 0.25) is 0 Å². The van der Waals surface area contributed by atoms with Gasteiger partial charge in [0.1, 0.15) is 22.7 Å². The summed E-state index contributed by atoms with van der Waals surface area (Å²) < 4.78 is 6.68. The molecule has 2 heterocycles. The van der Waals surface area contributed by atoms with Crippen LogP contribution in [-0.2, 0) is 6.54 Å². The Labute approximate surface area is 171 Å². The Balaban J connectivity index is 1.66. The highest BCUT2D eigenvalue weighted by Crippen LogP contribution is 2.26. The smallest absolute Gasteiger partial charge is 0.266 e. The molecule has 0 radical (unpaired) electrons. The number of aromatic hydroxyl groups is 1. The van der Waals surface area contributed by atoms with Crippen LogP contribution < -0.4 is 15.6 Å². The van der Waals surface area contributed by atoms with Gasteiger partial charge in [-0.3, -0.25) is 9.59 Å². The maximum Gasteiger partial charge on any atom is 0.266 e. The molecular weight excluding hydrogens is 384 g/mol. The number of nitrogens with one attached hydrogen (secondary N) is 2. The van der Waals surface area contributed by atoms with E-state index in [4.69, 9.17) is 4.74 Å². The van der Waals surface area contributed by atoms with Crippen LogP contribution in [0.5, 0.6) is 11.5 Å². The lowest BCUT2D eigenvalue weighted by atomic mass is 10.1. The second-order valence-corrected chi connectivity index (χ2v) is 6.87. The van der Waals surface area contributed by atoms with Crippen molar-refractivity contribution >= 4 is 16.9 Å². The van der Waals surface area contributed by atoms with E-state index in [-0.39, 0.29) is 17.5 Å². The average molecular weight is 404 g/mol. The summed E-state index contributed by atoms with van der Waals surface area (Å²) in [6.07, 6.45) is 1.42. The van der Waals surface area contributed by atoms with Crippen LogP contribution in [0.15, 0.2) is 59.5 Å². The SMILES string of the molecule is COc1cccc(CNC(=O)c2c(O)c3cnn(-c4cccc(C)c4)c3[nH]c2=O)c1. The van der Waals surface area contributed by atoms with Crippen LogP contribution >= 0.6 is 0 Å². The van der Waals surface area contributed by atoms with Crippen LogP contribution in [0.4, 0.5) is 0 Å². The van der Waals surface area contributed by atoms with E-state index in [2.05, 4.69) is 15.4 Å². The Morgan fingerprint density at radius 3 is 2.80 bits per heavy atom. The molecule has 30 heavy (non-hydrogen) atoms. The number of benzene rings is 2. The zero-order valence-corrected chi connectivity index (χ0v) is 16.5. The van der Waals surface area contributed by atoms with Gasteiger partial charge >= 0.3 is 0 Å². The number of carbonyl (C=O) groups excluding carboxylic acids is 1. The van der Waals surface area contributed by atoms with Gasteiger partial charge in [-0.2, -0.15) is 5.10 Å². The molecule has 0 aliphatic heterocycles. The predicted octanol–water partition coefficient (Wildman–Crippen LogP) is 2.67. The summed E-state index contributed by atoms with van der Waals surface area (Å²) in [5, 5.41) is 17.8. The first kappa shape index (κ1) is 19.3. The van der Waals surface area contributed by atoms with Crippen molar-refractivity contribution in [3.05, 3.63) is 81.8 Å². The fourth-order valence-corrected chi connectivity index (χ4v) is 3.27. The van der Waals surface area contributed by atoms with Crippen LogP contribution in [0.1, 0.15) is 21.5 Å². The highest BCUT2D eigenvalue weighted by molar-refractivity contribution is 6.01. The van der Waals surface area contributed by atoms with E-state index in [1.165, 1.54) is 10.9 Å². The number of rotatable bonds is 5. The molecule has 8 heteroatoms. The topological polar surface area (TPSA) is 109 Å². The Morgan fingerprint density at radius 1 is 1.23 bits per heavy atom. The minimum atomic E-state index is -0.697. The van der Waals surface area contributed by atoms with Gasteiger partial charge in [-0.1, -0.05) is 24.3 Å². The molecule has 0 atom stereocenters. The van der Waals surface area contributed by atoms with Gasteiger partial charge in [-0.25, -0.2) is 4.68 Å². The second-order valence-electron chi connectivity index (χ2n) is 6.87. The number of hydrogen-bond donors (Lipinski definition) is 3. The molecule has 0 bridgehead atoms. The van der Waals surface area contributed by atoms with Crippen molar-refractivity contribution < 1.29 is 14.6 Å². The van der Waals surface area contributed by atoms with Crippen LogP contribution in [0.25, 0.3) is 16.7 Å². The number of hydrogen-bond acceptors (Lipinski definition) is 5. The Morgan fingerprint density at radius 2 is 2.03 bits per heavy atom. The van der Waals surface area contributed by atoms with Gasteiger partial charge in [-0.05, 0) is 42.3 Å². The first-order valence-corrected chi connectivity index (χ1v) is 9.29. The second kappa shape index (κ2) is 7.75. The Bertz CT molecular complexity index is 1310. The molecule has 152 valence electrons. The number of methoxy groups -OCH3 is 1. The van der Waals surface area contributed by atoms with Crippen molar-refractivity contribution in [3.63, 3.8) is 0 Å². The molecule has 2 aromatic carbocycles. The number of pyridine rings is 1. The fourth-order valence-electron chi connectivity index (χ4n) is 3.27. The van der Waals surface area contributed by atoms with E-state index >= 15 is 0 Å². The molecule has 3 N–H and O–H groups in total. The van der Waals surface area contributed by atoms with Crippen molar-refractivity contribution in [1.29, 1.82) is 0 Å². The highest BCUT2D eigenvalue weighted by Gasteiger charge is 2.21. The highest BCUT2D eigenvalue weighted by atomic mass is 16.5. The summed E-state index contributed by atoms with van der Waals surface area (Å²) in [6.45, 7) is 2.12. The first-order chi connectivity index (χ1) is 14.5. The third-order valence-corrected chi connectivity index (χ3v) is 4.78. The zero-order chi connectivity index (χ0) is 21.3. The monoisotopic (exact) mass is 404 g/mol. The number of fused-ring (bicyclic) bond motifs is 1. The Hall–Kier alpha value is -4.07. The van der Waals surface area contributed by atoms with Crippen LogP contribution in [0.2, 0.25) is 0 Å². The fraction of sp³-hybridized carbons (Fsp3) is 0.136. The summed E-state index contributed by atoms with van der Waals surface area (Å²) in [5.74, 6) is -0.426. The van der Waals surface area contributed by atoms with E-state index in [1.807, 2.05) is 37.3 Å². The van der Waals surface area contributed by atoms with Crippen molar-refractivity contribution in [1.82, 2.24) is 20.1 Å². The number of aromatic nitrogens is 3. The molecule has 0 saturated carbocycles. The van der Waals surface area contributed by atoms with Gasteiger partial charge in [0.05, 0.1) is 24.4 Å². The van der Waals surface area contributed by atoms with Crippen molar-refractivity contribution in [2.45, 2.75) is 13.5 Å². The number of H-pyrrole nitrogens is 1. The standard InChI is InChI=1S/C22H20N4O4/c1-13-5-3-7-15(9-13)26-20-17(12-24-26)19(27)18(22(29)25-20)21(28)23-11-14-6-4-8-16(10-14)30-2/h3-10,12H,11H2,1-2H3,(H,23,28)(H2,25,27,29). The summed E-state index contributed by atoms with van der Waals surface area (Å²) in [5.41, 5.74) is 1.82. The quantitative estimate of drug-likeness (QED) is 0.474. The molecule has 0 spiro atoms. The number of amides is 1. The minimum absolute atomic E-state index is 0.176. The van der Waals surface area contributed by atoms with E-state index < -0.39 is 17.2 Å². The van der Waals surface area contributed by atoms with E-state index in [0.717, 1.165) is 16.8 Å². The molecule has 0 unspecified atom stereocenters. The van der Waals surface area contributed by atoms with Gasteiger partial charge in [0, 0.05) is 6.54 Å². The molecule has 8 nitrogen and oxygen atoms in total. The minimum Gasteiger partial charge on any atom is -0.506 e.